The predicted octanol–water partition coefficient (Wildman–Crippen LogP) is 4.50. The summed E-state index contributed by atoms with van der Waals surface area (Å²) in [6.45, 7) is 7.25. The number of nitrogens with zero attached hydrogens (tertiary/aromatic N) is 3. The van der Waals surface area contributed by atoms with E-state index in [0.717, 1.165) is 9.13 Å². The number of benzene rings is 1. The van der Waals surface area contributed by atoms with Gasteiger partial charge >= 0.3 is 5.97 Å². The number of carbonyl (C=O) groups excluding carboxylic acids is 1. The first kappa shape index (κ1) is 14.8. The smallest absolute Gasteiger partial charge is 0.338 e. The summed E-state index contributed by atoms with van der Waals surface area (Å²) in [6.07, 6.45) is 0. The fourth-order valence-corrected chi connectivity index (χ4v) is 1.88. The maximum atomic E-state index is 11.9. The first-order chi connectivity index (χ1) is 8.24. The van der Waals surface area contributed by atoms with E-state index in [1.165, 1.54) is 0 Å². The van der Waals surface area contributed by atoms with Crippen LogP contribution in [-0.2, 0) is 4.74 Å². The van der Waals surface area contributed by atoms with Gasteiger partial charge in [-0.05, 0) is 73.5 Å². The maximum Gasteiger partial charge on any atom is 0.338 e. The average molecular weight is 359 g/mol. The number of ether oxygens (including phenoxy) is 1. The van der Waals surface area contributed by atoms with Crippen LogP contribution >= 0.6 is 22.6 Å². The molecule has 0 atom stereocenters. The highest BCUT2D eigenvalue weighted by atomic mass is 127. The van der Waals surface area contributed by atoms with Gasteiger partial charge in [0, 0.05) is 14.2 Å². The van der Waals surface area contributed by atoms with Gasteiger partial charge < -0.3 is 4.74 Å². The molecule has 0 aliphatic rings. The van der Waals surface area contributed by atoms with Crippen LogP contribution in [0.1, 0.15) is 36.7 Å². The Balaban J connectivity index is 3.19. The molecule has 0 fully saturated rings. The lowest BCUT2D eigenvalue weighted by atomic mass is 10.1. The first-order valence-corrected chi connectivity index (χ1v) is 6.41. The normalized spacial score (nSPS) is 10.7. The van der Waals surface area contributed by atoms with E-state index >= 15 is 0 Å². The van der Waals surface area contributed by atoms with E-state index in [-0.39, 0.29) is 0 Å². The van der Waals surface area contributed by atoms with E-state index in [1.807, 2.05) is 6.92 Å². The highest BCUT2D eigenvalue weighted by Crippen LogP contribution is 2.27. The van der Waals surface area contributed by atoms with E-state index in [0.29, 0.717) is 11.3 Å². The molecule has 0 aliphatic heterocycles. The SMILES string of the molecule is Cc1c(I)cc(C(=O)OC(C)(C)C)cc1N=[N+]=[N-]. The van der Waals surface area contributed by atoms with Crippen LogP contribution < -0.4 is 0 Å². The van der Waals surface area contributed by atoms with Gasteiger partial charge in [0.2, 0.25) is 0 Å². The summed E-state index contributed by atoms with van der Waals surface area (Å²) in [5, 5.41) is 3.57. The second-order valence-corrected chi connectivity index (χ2v) is 5.96. The lowest BCUT2D eigenvalue weighted by molar-refractivity contribution is 0.00695. The van der Waals surface area contributed by atoms with Gasteiger partial charge in [0.1, 0.15) is 5.60 Å². The Bertz CT molecular complexity index is 529. The molecule has 1 rings (SSSR count). The molecule has 96 valence electrons. The summed E-state index contributed by atoms with van der Waals surface area (Å²) in [4.78, 5) is 14.7. The average Bonchev–Trinajstić information content (AvgIpc) is 2.22. The van der Waals surface area contributed by atoms with Gasteiger partial charge in [0.25, 0.3) is 0 Å². The molecule has 0 radical (unpaired) electrons. The molecule has 0 aromatic heterocycles. The molecule has 0 unspecified atom stereocenters. The largest absolute Gasteiger partial charge is 0.456 e. The minimum absolute atomic E-state index is 0.391. The van der Waals surface area contributed by atoms with Gasteiger partial charge in [-0.25, -0.2) is 4.79 Å². The van der Waals surface area contributed by atoms with E-state index in [9.17, 15) is 4.79 Å². The molecule has 6 heteroatoms. The maximum absolute atomic E-state index is 11.9. The van der Waals surface area contributed by atoms with Gasteiger partial charge in [-0.1, -0.05) is 5.11 Å². The van der Waals surface area contributed by atoms with Crippen molar-refractivity contribution in [3.8, 4) is 0 Å². The van der Waals surface area contributed by atoms with Crippen LogP contribution in [0.5, 0.6) is 0 Å². The molecule has 1 aromatic rings. The number of hydrogen-bond acceptors (Lipinski definition) is 3. The van der Waals surface area contributed by atoms with Crippen molar-refractivity contribution in [3.63, 3.8) is 0 Å². The quantitative estimate of drug-likeness (QED) is 0.256. The van der Waals surface area contributed by atoms with Crippen molar-refractivity contribution in [3.05, 3.63) is 37.3 Å². The number of carbonyl (C=O) groups is 1. The monoisotopic (exact) mass is 359 g/mol. The molecule has 0 N–H and O–H groups in total. The van der Waals surface area contributed by atoms with Gasteiger partial charge in [-0.3, -0.25) is 0 Å². The molecule has 5 nitrogen and oxygen atoms in total. The summed E-state index contributed by atoms with van der Waals surface area (Å²) in [6, 6.07) is 3.27. The van der Waals surface area contributed by atoms with Crippen molar-refractivity contribution in [1.29, 1.82) is 0 Å². The van der Waals surface area contributed by atoms with Crippen LogP contribution in [-0.4, -0.2) is 11.6 Å². The Hall–Kier alpha value is -1.27. The van der Waals surface area contributed by atoms with Crippen molar-refractivity contribution >= 4 is 34.2 Å². The highest BCUT2D eigenvalue weighted by Gasteiger charge is 2.19. The molecule has 0 bridgehead atoms. The van der Waals surface area contributed by atoms with E-state index < -0.39 is 11.6 Å². The molecule has 0 spiro atoms. The lowest BCUT2D eigenvalue weighted by Gasteiger charge is -2.20. The fraction of sp³-hybridized carbons (Fsp3) is 0.417. The van der Waals surface area contributed by atoms with Crippen LogP contribution in [0.3, 0.4) is 0 Å². The van der Waals surface area contributed by atoms with Crippen molar-refractivity contribution < 1.29 is 9.53 Å². The second-order valence-electron chi connectivity index (χ2n) is 4.79. The second kappa shape index (κ2) is 5.58. The van der Waals surface area contributed by atoms with Gasteiger partial charge in [-0.15, -0.1) is 0 Å². The van der Waals surface area contributed by atoms with E-state index in [4.69, 9.17) is 10.3 Å². The molecule has 0 heterocycles. The van der Waals surface area contributed by atoms with Crippen LogP contribution in [0.4, 0.5) is 5.69 Å². The van der Waals surface area contributed by atoms with Crippen molar-refractivity contribution in [1.82, 2.24) is 0 Å². The number of esters is 1. The summed E-state index contributed by atoms with van der Waals surface area (Å²) in [7, 11) is 0. The summed E-state index contributed by atoms with van der Waals surface area (Å²) >= 11 is 2.09. The topological polar surface area (TPSA) is 75.1 Å². The Kier molecular flexibility index (Phi) is 4.59. The highest BCUT2D eigenvalue weighted by molar-refractivity contribution is 14.1. The fourth-order valence-electron chi connectivity index (χ4n) is 1.27. The van der Waals surface area contributed by atoms with Crippen LogP contribution in [0, 0.1) is 10.5 Å². The van der Waals surface area contributed by atoms with E-state index in [1.54, 1.807) is 32.9 Å². The summed E-state index contributed by atoms with van der Waals surface area (Å²) < 4.78 is 6.13. The molecule has 18 heavy (non-hydrogen) atoms. The Morgan fingerprint density at radius 1 is 1.44 bits per heavy atom. The van der Waals surface area contributed by atoms with Gasteiger partial charge in [0.15, 0.2) is 0 Å². The Labute approximate surface area is 119 Å². The van der Waals surface area contributed by atoms with Crippen molar-refractivity contribution in [2.45, 2.75) is 33.3 Å². The molecule has 0 amide bonds. The van der Waals surface area contributed by atoms with Crippen LogP contribution in [0.15, 0.2) is 17.2 Å². The lowest BCUT2D eigenvalue weighted by Crippen LogP contribution is -2.24. The van der Waals surface area contributed by atoms with Crippen molar-refractivity contribution in [2.75, 3.05) is 0 Å². The standard InChI is InChI=1S/C12H14IN3O2/c1-7-9(13)5-8(6-10(7)15-16-14)11(17)18-12(2,3)4/h5-6H,1-4H3. The third-order valence-corrected chi connectivity index (χ3v) is 3.22. The van der Waals surface area contributed by atoms with Crippen LogP contribution in [0.2, 0.25) is 0 Å². The number of azide groups is 1. The minimum atomic E-state index is -0.550. The minimum Gasteiger partial charge on any atom is -0.456 e. The number of rotatable bonds is 2. The summed E-state index contributed by atoms with van der Waals surface area (Å²) in [5.41, 5.74) is 9.63. The van der Waals surface area contributed by atoms with Gasteiger partial charge in [-0.2, -0.15) is 0 Å². The molecular formula is C12H14IN3O2. The van der Waals surface area contributed by atoms with Crippen LogP contribution in [0.25, 0.3) is 10.4 Å². The zero-order chi connectivity index (χ0) is 13.9. The Morgan fingerprint density at radius 2 is 2.06 bits per heavy atom. The predicted molar refractivity (Wildman–Crippen MR) is 77.9 cm³/mol. The van der Waals surface area contributed by atoms with Gasteiger partial charge in [0.05, 0.1) is 5.56 Å². The summed E-state index contributed by atoms with van der Waals surface area (Å²) in [5.74, 6) is -0.421. The van der Waals surface area contributed by atoms with Crippen molar-refractivity contribution in [2.24, 2.45) is 5.11 Å². The molecular weight excluding hydrogens is 345 g/mol. The van der Waals surface area contributed by atoms with E-state index in [2.05, 4.69) is 32.6 Å². The zero-order valence-corrected chi connectivity index (χ0v) is 12.8. The molecule has 0 aliphatic carbocycles. The zero-order valence-electron chi connectivity index (χ0n) is 10.7. The third-order valence-electron chi connectivity index (χ3n) is 2.10. The molecule has 0 saturated carbocycles. The Morgan fingerprint density at radius 3 is 2.56 bits per heavy atom. The molecule has 0 saturated heterocycles. The first-order valence-electron chi connectivity index (χ1n) is 5.33. The number of halogens is 1. The molecule has 1 aromatic carbocycles. The third kappa shape index (κ3) is 3.89. The number of hydrogen-bond donors (Lipinski definition) is 0.